The molecule has 0 radical (unpaired) electrons. The van der Waals surface area contributed by atoms with Crippen molar-refractivity contribution >= 4 is 23.2 Å². The van der Waals surface area contributed by atoms with Crippen LogP contribution in [0.5, 0.6) is 11.5 Å². The molecule has 2 amide bonds. The largest absolute Gasteiger partial charge is 0.497 e. The Hall–Kier alpha value is -3.10. The molecule has 0 bridgehead atoms. The molecule has 2 N–H and O–H groups in total. The highest BCUT2D eigenvalue weighted by molar-refractivity contribution is 5.97. The number of carbonyl (C=O) groups excluding carboxylic acids is 2. The number of anilines is 2. The number of amides is 2. The Kier molecular flexibility index (Phi) is 6.69. The number of benzene rings is 2. The summed E-state index contributed by atoms with van der Waals surface area (Å²) in [6, 6.07) is 13.4. The first kappa shape index (κ1) is 21.1. The quantitative estimate of drug-likeness (QED) is 0.740. The van der Waals surface area contributed by atoms with Crippen molar-refractivity contribution in [3.8, 4) is 11.5 Å². The molecule has 2 aliphatic rings. The molecule has 0 atom stereocenters. The van der Waals surface area contributed by atoms with Crippen molar-refractivity contribution in [3.63, 3.8) is 0 Å². The van der Waals surface area contributed by atoms with Crippen LogP contribution < -0.4 is 20.1 Å². The molecule has 1 saturated heterocycles. The molecule has 2 aromatic carbocycles. The molecule has 8 heteroatoms. The predicted molar refractivity (Wildman–Crippen MR) is 119 cm³/mol. The summed E-state index contributed by atoms with van der Waals surface area (Å²) in [6.45, 7) is 4.92. The summed E-state index contributed by atoms with van der Waals surface area (Å²) >= 11 is 0. The highest BCUT2D eigenvalue weighted by atomic mass is 16.5. The van der Waals surface area contributed by atoms with Crippen molar-refractivity contribution in [1.82, 2.24) is 9.80 Å². The zero-order valence-electron chi connectivity index (χ0n) is 17.7. The summed E-state index contributed by atoms with van der Waals surface area (Å²) in [6.07, 6.45) is 1.02. The Labute approximate surface area is 182 Å². The van der Waals surface area contributed by atoms with E-state index in [1.165, 1.54) is 5.56 Å². The van der Waals surface area contributed by atoms with Gasteiger partial charge in [0.1, 0.15) is 11.5 Å². The Morgan fingerprint density at radius 1 is 1.10 bits per heavy atom. The number of hydrogen-bond donors (Lipinski definition) is 2. The third-order valence-corrected chi connectivity index (χ3v) is 5.51. The molecule has 2 aliphatic heterocycles. The lowest BCUT2D eigenvalue weighted by Crippen LogP contribution is -2.36. The fourth-order valence-electron chi connectivity index (χ4n) is 3.89. The molecule has 0 unspecified atom stereocenters. The predicted octanol–water partition coefficient (Wildman–Crippen LogP) is 2.17. The second-order valence-corrected chi connectivity index (χ2v) is 7.85. The van der Waals surface area contributed by atoms with E-state index >= 15 is 0 Å². The number of carbonyl (C=O) groups is 2. The summed E-state index contributed by atoms with van der Waals surface area (Å²) in [5.74, 6) is 1.21. The third kappa shape index (κ3) is 5.74. The van der Waals surface area contributed by atoms with Gasteiger partial charge < -0.3 is 20.1 Å². The van der Waals surface area contributed by atoms with E-state index in [4.69, 9.17) is 9.47 Å². The van der Waals surface area contributed by atoms with Gasteiger partial charge in [0.2, 0.25) is 5.91 Å². The van der Waals surface area contributed by atoms with Gasteiger partial charge in [-0.25, -0.2) is 0 Å². The van der Waals surface area contributed by atoms with E-state index in [2.05, 4.69) is 32.6 Å². The standard InChI is InChI=1S/C23H28N4O4/c1-30-19-6-3-17(4-7-19)14-26-9-2-10-27(12-11-26)15-22(28)24-18-5-8-20-21(13-18)31-16-23(29)25-20/h3-8,13H,2,9-12,14-16H2,1H3,(H,24,28)(H,25,29). The molecule has 4 rings (SSSR count). The summed E-state index contributed by atoms with van der Waals surface area (Å²) in [5.41, 5.74) is 2.55. The average Bonchev–Trinajstić information content (AvgIpc) is 2.99. The summed E-state index contributed by atoms with van der Waals surface area (Å²) in [5, 5.41) is 5.68. The van der Waals surface area contributed by atoms with Gasteiger partial charge in [0.15, 0.2) is 6.61 Å². The van der Waals surface area contributed by atoms with Crippen LogP contribution in [0.1, 0.15) is 12.0 Å². The lowest BCUT2D eigenvalue weighted by molar-refractivity contribution is -0.119. The second kappa shape index (κ2) is 9.80. The molecule has 2 aromatic rings. The van der Waals surface area contributed by atoms with Gasteiger partial charge in [-0.05, 0) is 49.3 Å². The minimum Gasteiger partial charge on any atom is -0.497 e. The van der Waals surface area contributed by atoms with Crippen LogP contribution in [-0.4, -0.2) is 68.1 Å². The summed E-state index contributed by atoms with van der Waals surface area (Å²) in [7, 11) is 1.67. The molecule has 2 heterocycles. The van der Waals surface area contributed by atoms with Crippen LogP contribution in [0.25, 0.3) is 0 Å². The van der Waals surface area contributed by atoms with Crippen LogP contribution in [0.15, 0.2) is 42.5 Å². The summed E-state index contributed by atoms with van der Waals surface area (Å²) in [4.78, 5) is 28.5. The monoisotopic (exact) mass is 424 g/mol. The Morgan fingerprint density at radius 3 is 2.68 bits per heavy atom. The highest BCUT2D eigenvalue weighted by Crippen LogP contribution is 2.30. The number of ether oxygens (including phenoxy) is 2. The fraction of sp³-hybridized carbons (Fsp3) is 0.391. The Morgan fingerprint density at radius 2 is 1.87 bits per heavy atom. The minimum absolute atomic E-state index is 0.00873. The van der Waals surface area contributed by atoms with Crippen molar-refractivity contribution in [2.24, 2.45) is 0 Å². The van der Waals surface area contributed by atoms with E-state index < -0.39 is 0 Å². The maximum absolute atomic E-state index is 12.6. The highest BCUT2D eigenvalue weighted by Gasteiger charge is 2.19. The van der Waals surface area contributed by atoms with Gasteiger partial charge in [0.25, 0.3) is 5.91 Å². The molecule has 31 heavy (non-hydrogen) atoms. The first-order valence-electron chi connectivity index (χ1n) is 10.5. The molecular weight excluding hydrogens is 396 g/mol. The lowest BCUT2D eigenvalue weighted by atomic mass is 10.2. The average molecular weight is 425 g/mol. The van der Waals surface area contributed by atoms with Crippen LogP contribution in [0.2, 0.25) is 0 Å². The molecule has 1 fully saturated rings. The zero-order valence-corrected chi connectivity index (χ0v) is 17.7. The molecule has 0 saturated carbocycles. The van der Waals surface area contributed by atoms with Gasteiger partial charge in [-0.1, -0.05) is 12.1 Å². The van der Waals surface area contributed by atoms with Crippen LogP contribution in [0, 0.1) is 0 Å². The van der Waals surface area contributed by atoms with E-state index in [9.17, 15) is 9.59 Å². The SMILES string of the molecule is COc1ccc(CN2CCCN(CC(=O)Nc3ccc4c(c3)OCC(=O)N4)CC2)cc1. The number of hydrogen-bond acceptors (Lipinski definition) is 6. The lowest BCUT2D eigenvalue weighted by Gasteiger charge is -2.22. The van der Waals surface area contributed by atoms with E-state index in [-0.39, 0.29) is 18.4 Å². The van der Waals surface area contributed by atoms with Gasteiger partial charge in [-0.3, -0.25) is 19.4 Å². The molecule has 0 spiro atoms. The van der Waals surface area contributed by atoms with Crippen LogP contribution in [0.4, 0.5) is 11.4 Å². The van der Waals surface area contributed by atoms with Crippen molar-refractivity contribution in [3.05, 3.63) is 48.0 Å². The van der Waals surface area contributed by atoms with Crippen LogP contribution in [0.3, 0.4) is 0 Å². The van der Waals surface area contributed by atoms with Crippen LogP contribution in [-0.2, 0) is 16.1 Å². The van der Waals surface area contributed by atoms with Crippen molar-refractivity contribution < 1.29 is 19.1 Å². The molecule has 8 nitrogen and oxygen atoms in total. The molecule has 0 aliphatic carbocycles. The summed E-state index contributed by atoms with van der Waals surface area (Å²) < 4.78 is 10.6. The van der Waals surface area contributed by atoms with Crippen LogP contribution >= 0.6 is 0 Å². The van der Waals surface area contributed by atoms with E-state index in [1.54, 1.807) is 25.3 Å². The number of nitrogens with zero attached hydrogens (tertiary/aromatic N) is 2. The van der Waals surface area contributed by atoms with Gasteiger partial charge in [-0.15, -0.1) is 0 Å². The van der Waals surface area contributed by atoms with Gasteiger partial charge in [0, 0.05) is 31.4 Å². The van der Waals surface area contributed by atoms with E-state index in [1.807, 2.05) is 12.1 Å². The van der Waals surface area contributed by atoms with Crippen molar-refractivity contribution in [2.45, 2.75) is 13.0 Å². The topological polar surface area (TPSA) is 83.1 Å². The molecule has 164 valence electrons. The number of methoxy groups -OCH3 is 1. The second-order valence-electron chi connectivity index (χ2n) is 7.85. The maximum atomic E-state index is 12.6. The third-order valence-electron chi connectivity index (χ3n) is 5.51. The smallest absolute Gasteiger partial charge is 0.262 e. The minimum atomic E-state index is -0.175. The fourth-order valence-corrected chi connectivity index (χ4v) is 3.89. The number of fused-ring (bicyclic) bond motifs is 1. The molecular formula is C23H28N4O4. The van der Waals surface area contributed by atoms with E-state index in [0.717, 1.165) is 44.9 Å². The molecule has 0 aromatic heterocycles. The van der Waals surface area contributed by atoms with Crippen molar-refractivity contribution in [2.75, 3.05) is 57.1 Å². The van der Waals surface area contributed by atoms with Gasteiger partial charge in [-0.2, -0.15) is 0 Å². The van der Waals surface area contributed by atoms with Crippen molar-refractivity contribution in [1.29, 1.82) is 0 Å². The number of rotatable bonds is 6. The van der Waals surface area contributed by atoms with E-state index in [0.29, 0.717) is 23.7 Å². The first-order chi connectivity index (χ1) is 15.1. The van der Waals surface area contributed by atoms with Gasteiger partial charge in [0.05, 0.1) is 19.3 Å². The zero-order chi connectivity index (χ0) is 21.6. The Balaban J connectivity index is 1.26. The normalized spacial score (nSPS) is 17.1. The Bertz CT molecular complexity index is 932. The first-order valence-corrected chi connectivity index (χ1v) is 10.5. The van der Waals surface area contributed by atoms with Gasteiger partial charge >= 0.3 is 0 Å². The number of nitrogens with one attached hydrogen (secondary N) is 2. The maximum Gasteiger partial charge on any atom is 0.262 e.